The van der Waals surface area contributed by atoms with E-state index >= 15 is 0 Å². The maximum Gasteiger partial charge on any atom is 0.129 e. The van der Waals surface area contributed by atoms with Crippen molar-refractivity contribution in [2.24, 2.45) is 23.7 Å². The first kappa shape index (κ1) is 23.0. The summed E-state index contributed by atoms with van der Waals surface area (Å²) in [5.41, 5.74) is 3.24. The van der Waals surface area contributed by atoms with E-state index in [1.54, 1.807) is 7.11 Å². The van der Waals surface area contributed by atoms with Crippen LogP contribution >= 0.6 is 0 Å². The van der Waals surface area contributed by atoms with Gasteiger partial charge in [0.2, 0.25) is 0 Å². The second-order valence-electron chi connectivity index (χ2n) is 11.8. The highest BCUT2D eigenvalue weighted by Gasteiger charge is 2.61. The van der Waals surface area contributed by atoms with Gasteiger partial charge >= 0.3 is 0 Å². The number of ether oxygens (including phenoxy) is 1. The fourth-order valence-corrected chi connectivity index (χ4v) is 13.6. The van der Waals surface area contributed by atoms with Crippen molar-refractivity contribution in [3.8, 4) is 5.75 Å². The zero-order chi connectivity index (χ0) is 24.4. The average molecular weight is 483 g/mol. The zero-order valence-corrected chi connectivity index (χ0v) is 22.6. The minimum atomic E-state index is -1.94. The first-order valence-electron chi connectivity index (χ1n) is 13.1. The number of hydrogen-bond donors (Lipinski definition) is 1. The highest BCUT2D eigenvalue weighted by molar-refractivity contribution is 6.76. The molecule has 0 aromatic heterocycles. The number of fused-ring (bicyclic) bond motifs is 4. The van der Waals surface area contributed by atoms with Gasteiger partial charge in [0.25, 0.3) is 0 Å². The molecule has 5 aliphatic rings. The van der Waals surface area contributed by atoms with Crippen LogP contribution in [0.15, 0.2) is 91.1 Å². The molecule has 0 radical (unpaired) electrons. The van der Waals surface area contributed by atoms with Crippen molar-refractivity contribution in [1.29, 1.82) is 0 Å². The molecule has 1 aromatic rings. The first-order chi connectivity index (χ1) is 16.8. The summed E-state index contributed by atoms with van der Waals surface area (Å²) < 4.78 is 8.34. The molecule has 1 saturated carbocycles. The largest absolute Gasteiger partial charge is 0.497 e. The normalized spacial score (nSPS) is 36.6. The Morgan fingerprint density at radius 3 is 1.94 bits per heavy atom. The van der Waals surface area contributed by atoms with Crippen LogP contribution in [0, 0.1) is 23.7 Å². The number of nitrogens with one attached hydrogen (secondary N) is 1. The highest BCUT2D eigenvalue weighted by atomic mass is 28.3. The smallest absolute Gasteiger partial charge is 0.129 e. The van der Waals surface area contributed by atoms with Crippen LogP contribution in [-0.4, -0.2) is 37.7 Å². The van der Waals surface area contributed by atoms with E-state index in [0.717, 1.165) is 5.75 Å². The topological polar surface area (TPSA) is 24.5 Å². The summed E-state index contributed by atoms with van der Waals surface area (Å²) in [6.07, 6.45) is 26.2. The quantitative estimate of drug-likeness (QED) is 0.507. The Bertz CT molecular complexity index is 1130. The molecule has 1 heterocycles. The predicted molar refractivity (Wildman–Crippen MR) is 148 cm³/mol. The Labute approximate surface area is 211 Å². The van der Waals surface area contributed by atoms with Crippen LogP contribution in [0.3, 0.4) is 0 Å². The van der Waals surface area contributed by atoms with Gasteiger partial charge in [-0.25, -0.2) is 0 Å². The average Bonchev–Trinajstić information content (AvgIpc) is 3.35. The molecule has 1 aliphatic heterocycles. The Morgan fingerprint density at radius 2 is 1.37 bits per heavy atom. The third-order valence-electron chi connectivity index (χ3n) is 9.25. The number of methoxy groups -OCH3 is 1. The SMILES string of the molecule is COc1ccc(C2=CC=C[C@@H]3C2NC(C)(C)N3[Si](C)(C)C2C3C=CC=CC3C3C=CC=CC32)cc1. The fourth-order valence-electron chi connectivity index (χ4n) is 8.19. The summed E-state index contributed by atoms with van der Waals surface area (Å²) in [5, 5.41) is 4.08. The lowest BCUT2D eigenvalue weighted by Gasteiger charge is -2.51. The van der Waals surface area contributed by atoms with Crippen molar-refractivity contribution < 1.29 is 4.74 Å². The molecule has 182 valence electrons. The van der Waals surface area contributed by atoms with Gasteiger partial charge in [-0.2, -0.15) is 0 Å². The summed E-state index contributed by atoms with van der Waals surface area (Å²) >= 11 is 0. The van der Waals surface area contributed by atoms with E-state index in [1.165, 1.54) is 11.1 Å². The lowest BCUT2D eigenvalue weighted by atomic mass is 9.83. The molecule has 6 atom stereocenters. The van der Waals surface area contributed by atoms with Gasteiger partial charge in [-0.3, -0.25) is 9.88 Å². The van der Waals surface area contributed by atoms with E-state index in [-0.39, 0.29) is 11.7 Å². The molecular weight excluding hydrogens is 444 g/mol. The summed E-state index contributed by atoms with van der Waals surface area (Å²) in [5.74, 6) is 3.37. The van der Waals surface area contributed by atoms with E-state index < -0.39 is 8.24 Å². The fraction of sp³-hybridized carbons (Fsp3) is 0.419. The lowest BCUT2D eigenvalue weighted by molar-refractivity contribution is 0.227. The minimum Gasteiger partial charge on any atom is -0.497 e. The van der Waals surface area contributed by atoms with Crippen molar-refractivity contribution in [3.05, 3.63) is 96.7 Å². The number of allylic oxidation sites excluding steroid dienone is 10. The van der Waals surface area contributed by atoms with E-state index in [1.807, 2.05) is 0 Å². The monoisotopic (exact) mass is 482 g/mol. The highest BCUT2D eigenvalue weighted by Crippen LogP contribution is 2.59. The van der Waals surface area contributed by atoms with Crippen LogP contribution < -0.4 is 10.1 Å². The van der Waals surface area contributed by atoms with Crippen molar-refractivity contribution in [1.82, 2.24) is 9.88 Å². The van der Waals surface area contributed by atoms with Gasteiger partial charge in [-0.1, -0.05) is 92.1 Å². The molecule has 3 nitrogen and oxygen atoms in total. The van der Waals surface area contributed by atoms with Crippen molar-refractivity contribution in [3.63, 3.8) is 0 Å². The van der Waals surface area contributed by atoms with Gasteiger partial charge in [0.15, 0.2) is 0 Å². The van der Waals surface area contributed by atoms with Crippen LogP contribution in [0.4, 0.5) is 0 Å². The standard InChI is InChI=1S/C31H38N2OSi/c1-31(2)32-29-23(21-17-19-22(34-3)20-18-21)15-10-16-28(29)33(31)35(4,5)30-26-13-8-6-11-24(26)25-12-7-9-14-27(25)30/h6-20,24-30,32H,1-5H3/t24?,25?,26?,27?,28-,29?,30?/m1/s1. The van der Waals surface area contributed by atoms with Crippen LogP contribution in [0.2, 0.25) is 18.6 Å². The predicted octanol–water partition coefficient (Wildman–Crippen LogP) is 6.33. The zero-order valence-electron chi connectivity index (χ0n) is 21.6. The minimum absolute atomic E-state index is 0.0820. The van der Waals surface area contributed by atoms with Crippen molar-refractivity contribution in [2.75, 3.05) is 7.11 Å². The van der Waals surface area contributed by atoms with E-state index in [9.17, 15) is 0 Å². The maximum absolute atomic E-state index is 5.41. The van der Waals surface area contributed by atoms with Crippen molar-refractivity contribution >= 4 is 13.8 Å². The van der Waals surface area contributed by atoms with Gasteiger partial charge in [-0.15, -0.1) is 0 Å². The number of benzene rings is 1. The Morgan fingerprint density at radius 1 is 0.800 bits per heavy atom. The number of nitrogens with zero attached hydrogens (tertiary/aromatic N) is 1. The molecule has 4 heteroatoms. The van der Waals surface area contributed by atoms with E-state index in [4.69, 9.17) is 4.74 Å². The van der Waals surface area contributed by atoms with Crippen LogP contribution in [-0.2, 0) is 0 Å². The van der Waals surface area contributed by atoms with Gasteiger partial charge < -0.3 is 4.74 Å². The molecular formula is C31H38N2OSi. The Hall–Kier alpha value is -2.40. The van der Waals surface area contributed by atoms with Gasteiger partial charge in [0.1, 0.15) is 14.0 Å². The number of rotatable bonds is 4. The lowest BCUT2D eigenvalue weighted by Crippen LogP contribution is -2.64. The van der Waals surface area contributed by atoms with Gasteiger partial charge in [0.05, 0.1) is 18.8 Å². The summed E-state index contributed by atoms with van der Waals surface area (Å²) in [6, 6.07) is 9.19. The molecule has 5 unspecified atom stereocenters. The molecule has 35 heavy (non-hydrogen) atoms. The van der Waals surface area contributed by atoms with Crippen molar-refractivity contribution in [2.45, 2.75) is 50.2 Å². The summed E-state index contributed by atoms with van der Waals surface area (Å²) in [7, 11) is -0.212. The third kappa shape index (κ3) is 3.53. The molecule has 4 aliphatic carbocycles. The molecule has 1 saturated heterocycles. The molecule has 1 N–H and O–H groups in total. The summed E-state index contributed by atoms with van der Waals surface area (Å²) in [4.78, 5) is 0. The molecule has 2 fully saturated rings. The Balaban J connectivity index is 1.37. The second-order valence-corrected chi connectivity index (χ2v) is 16.3. The molecule has 0 spiro atoms. The third-order valence-corrected chi connectivity index (χ3v) is 13.7. The molecule has 0 bridgehead atoms. The van der Waals surface area contributed by atoms with Crippen LogP contribution in [0.25, 0.3) is 5.57 Å². The van der Waals surface area contributed by atoms with Crippen LogP contribution in [0.1, 0.15) is 19.4 Å². The maximum atomic E-state index is 5.41. The van der Waals surface area contributed by atoms with E-state index in [0.29, 0.717) is 35.3 Å². The summed E-state index contributed by atoms with van der Waals surface area (Å²) in [6.45, 7) is 10.1. The van der Waals surface area contributed by atoms with Gasteiger partial charge in [0, 0.05) is 6.04 Å². The molecule has 0 amide bonds. The Kier molecular flexibility index (Phi) is 5.48. The second kappa shape index (κ2) is 8.33. The number of hydrogen-bond acceptors (Lipinski definition) is 3. The van der Waals surface area contributed by atoms with E-state index in [2.05, 4.69) is 128 Å². The van der Waals surface area contributed by atoms with Gasteiger partial charge in [-0.05, 0) is 66.3 Å². The van der Waals surface area contributed by atoms with Crippen LogP contribution in [0.5, 0.6) is 5.75 Å². The molecule has 1 aromatic carbocycles. The first-order valence-corrected chi connectivity index (χ1v) is 16.2. The molecule has 6 rings (SSSR count).